The molecule has 0 fully saturated rings. The predicted molar refractivity (Wildman–Crippen MR) is 106 cm³/mol. The molecule has 3 heterocycles. The highest BCUT2D eigenvalue weighted by molar-refractivity contribution is 6.30. The maximum Gasteiger partial charge on any atom is 0.226 e. The molecule has 140 valence electrons. The number of anilines is 1. The van der Waals surface area contributed by atoms with Gasteiger partial charge in [-0.15, -0.1) is 0 Å². The second-order valence-electron chi connectivity index (χ2n) is 6.87. The zero-order valence-corrected chi connectivity index (χ0v) is 16.1. The first-order valence-corrected chi connectivity index (χ1v) is 9.66. The van der Waals surface area contributed by atoms with Crippen LogP contribution in [0.3, 0.4) is 0 Å². The van der Waals surface area contributed by atoms with E-state index in [9.17, 15) is 4.79 Å². The van der Waals surface area contributed by atoms with Gasteiger partial charge in [-0.25, -0.2) is 9.36 Å². The van der Waals surface area contributed by atoms with E-state index >= 15 is 0 Å². The fourth-order valence-electron chi connectivity index (χ4n) is 3.72. The van der Waals surface area contributed by atoms with E-state index in [1.807, 2.05) is 47.5 Å². The van der Waals surface area contributed by atoms with Gasteiger partial charge in [-0.1, -0.05) is 31.5 Å². The molecule has 1 amide bonds. The Morgan fingerprint density at radius 3 is 2.81 bits per heavy atom. The first-order valence-electron chi connectivity index (χ1n) is 9.28. The van der Waals surface area contributed by atoms with Crippen LogP contribution in [0.5, 0.6) is 0 Å². The second-order valence-corrected chi connectivity index (χ2v) is 7.30. The van der Waals surface area contributed by atoms with E-state index in [1.54, 1.807) is 4.68 Å². The first-order chi connectivity index (χ1) is 13.1. The number of aromatic nitrogens is 4. The minimum Gasteiger partial charge on any atom is -0.311 e. The fourth-order valence-corrected chi connectivity index (χ4v) is 3.91. The molecule has 2 aromatic heterocycles. The summed E-state index contributed by atoms with van der Waals surface area (Å²) in [5.74, 6) is 0.779. The van der Waals surface area contributed by atoms with Crippen molar-refractivity contribution in [1.29, 1.82) is 0 Å². The second kappa shape index (κ2) is 7.19. The summed E-state index contributed by atoms with van der Waals surface area (Å²) < 4.78 is 3.75. The first kappa shape index (κ1) is 17.8. The van der Waals surface area contributed by atoms with Crippen LogP contribution in [0.25, 0.3) is 5.69 Å². The molecule has 6 nitrogen and oxygen atoms in total. The van der Waals surface area contributed by atoms with Crippen molar-refractivity contribution in [3.05, 3.63) is 59.0 Å². The summed E-state index contributed by atoms with van der Waals surface area (Å²) in [5.41, 5.74) is 2.93. The Kier molecular flexibility index (Phi) is 4.74. The largest absolute Gasteiger partial charge is 0.311 e. The lowest BCUT2D eigenvalue weighted by Gasteiger charge is -2.24. The van der Waals surface area contributed by atoms with Crippen molar-refractivity contribution in [2.45, 2.75) is 45.1 Å². The van der Waals surface area contributed by atoms with Crippen LogP contribution < -0.4 is 5.32 Å². The van der Waals surface area contributed by atoms with Crippen LogP contribution in [0.15, 0.2) is 42.9 Å². The van der Waals surface area contributed by atoms with Gasteiger partial charge in [0, 0.05) is 29.1 Å². The molecule has 7 heteroatoms. The summed E-state index contributed by atoms with van der Waals surface area (Å²) in [6.45, 7) is 4.28. The molecule has 1 unspecified atom stereocenters. The highest BCUT2D eigenvalue weighted by atomic mass is 35.5. The number of amides is 1. The van der Waals surface area contributed by atoms with Gasteiger partial charge in [0.1, 0.15) is 5.82 Å². The minimum absolute atomic E-state index is 0.00992. The van der Waals surface area contributed by atoms with E-state index in [0.29, 0.717) is 11.4 Å². The van der Waals surface area contributed by atoms with Crippen molar-refractivity contribution in [3.8, 4) is 5.69 Å². The summed E-state index contributed by atoms with van der Waals surface area (Å²) in [6, 6.07) is 7.82. The van der Waals surface area contributed by atoms with Crippen LogP contribution in [0.2, 0.25) is 5.02 Å². The maximum absolute atomic E-state index is 12.4. The van der Waals surface area contributed by atoms with Gasteiger partial charge in [-0.05, 0) is 36.6 Å². The third-order valence-electron chi connectivity index (χ3n) is 5.21. The Balaban J connectivity index is 1.71. The van der Waals surface area contributed by atoms with Gasteiger partial charge >= 0.3 is 0 Å². The fraction of sp³-hybridized carbons (Fsp3) is 0.350. The van der Waals surface area contributed by atoms with E-state index in [2.05, 4.69) is 29.4 Å². The number of halogens is 1. The Morgan fingerprint density at radius 1 is 1.26 bits per heavy atom. The van der Waals surface area contributed by atoms with Gasteiger partial charge < -0.3 is 5.32 Å². The predicted octanol–water partition coefficient (Wildman–Crippen LogP) is 4.56. The number of nitrogens with zero attached hydrogens (tertiary/aromatic N) is 4. The number of hydrogen-bond acceptors (Lipinski definition) is 3. The third-order valence-corrected chi connectivity index (χ3v) is 5.45. The van der Waals surface area contributed by atoms with Crippen LogP contribution in [-0.2, 0) is 4.79 Å². The smallest absolute Gasteiger partial charge is 0.226 e. The van der Waals surface area contributed by atoms with Gasteiger partial charge in [-0.2, -0.15) is 10.2 Å². The summed E-state index contributed by atoms with van der Waals surface area (Å²) in [4.78, 5) is 12.4. The lowest BCUT2D eigenvalue weighted by molar-refractivity contribution is -0.116. The number of carbonyl (C=O) groups excluding carboxylic acids is 1. The van der Waals surface area contributed by atoms with Crippen molar-refractivity contribution in [1.82, 2.24) is 19.6 Å². The van der Waals surface area contributed by atoms with Crippen LogP contribution in [-0.4, -0.2) is 25.5 Å². The molecular weight excluding hydrogens is 362 g/mol. The quantitative estimate of drug-likeness (QED) is 0.702. The number of fused-ring (bicyclic) bond motifs is 1. The molecule has 1 atom stereocenters. The summed E-state index contributed by atoms with van der Waals surface area (Å²) in [7, 11) is 0. The summed E-state index contributed by atoms with van der Waals surface area (Å²) in [6.07, 6.45) is 8.00. The molecule has 0 radical (unpaired) electrons. The molecule has 1 aliphatic rings. The van der Waals surface area contributed by atoms with Crippen LogP contribution in [0, 0.1) is 0 Å². The van der Waals surface area contributed by atoms with Gasteiger partial charge in [0.05, 0.1) is 24.1 Å². The highest BCUT2D eigenvalue weighted by Crippen LogP contribution is 2.38. The van der Waals surface area contributed by atoms with Crippen molar-refractivity contribution in [2.24, 2.45) is 0 Å². The average Bonchev–Trinajstić information content (AvgIpc) is 3.30. The number of benzene rings is 1. The topological polar surface area (TPSA) is 64.7 Å². The molecule has 0 saturated heterocycles. The van der Waals surface area contributed by atoms with Crippen molar-refractivity contribution < 1.29 is 4.79 Å². The molecule has 4 rings (SSSR count). The van der Waals surface area contributed by atoms with E-state index in [-0.39, 0.29) is 17.9 Å². The highest BCUT2D eigenvalue weighted by Gasteiger charge is 2.32. The molecule has 1 aromatic carbocycles. The molecule has 0 bridgehead atoms. The monoisotopic (exact) mass is 383 g/mol. The maximum atomic E-state index is 12.4. The van der Waals surface area contributed by atoms with E-state index in [0.717, 1.165) is 35.5 Å². The Morgan fingerprint density at radius 2 is 2.07 bits per heavy atom. The molecule has 3 aromatic rings. The lowest BCUT2D eigenvalue weighted by Crippen LogP contribution is -2.25. The molecular formula is C20H22ClN5O. The average molecular weight is 384 g/mol. The standard InChI is InChI=1S/C20H22ClN5O/c1-3-15(4-2)26-20-18(11-23-26)17(9-19(27)24-20)13-10-22-25(12-13)16-7-5-6-14(21)8-16/h5-8,10-12,15,17H,3-4,9H2,1-2H3,(H,24,27). The molecule has 0 saturated carbocycles. The summed E-state index contributed by atoms with van der Waals surface area (Å²) >= 11 is 6.09. The molecule has 1 N–H and O–H groups in total. The molecule has 0 aliphatic carbocycles. The van der Waals surface area contributed by atoms with Crippen molar-refractivity contribution >= 4 is 23.3 Å². The normalized spacial score (nSPS) is 16.4. The Hall–Kier alpha value is -2.60. The zero-order chi connectivity index (χ0) is 19.0. The van der Waals surface area contributed by atoms with E-state index in [1.165, 1.54) is 0 Å². The van der Waals surface area contributed by atoms with Gasteiger partial charge in [0.2, 0.25) is 5.91 Å². The van der Waals surface area contributed by atoms with Gasteiger partial charge in [0.15, 0.2) is 0 Å². The molecule has 27 heavy (non-hydrogen) atoms. The number of hydrogen-bond donors (Lipinski definition) is 1. The van der Waals surface area contributed by atoms with Crippen LogP contribution in [0.1, 0.15) is 56.2 Å². The number of nitrogens with one attached hydrogen (secondary N) is 1. The Bertz CT molecular complexity index is 972. The minimum atomic E-state index is -0.0511. The van der Waals surface area contributed by atoms with Gasteiger partial charge in [-0.3, -0.25) is 4.79 Å². The van der Waals surface area contributed by atoms with E-state index < -0.39 is 0 Å². The Labute approximate surface area is 163 Å². The zero-order valence-electron chi connectivity index (χ0n) is 15.4. The van der Waals surface area contributed by atoms with E-state index in [4.69, 9.17) is 11.6 Å². The van der Waals surface area contributed by atoms with Crippen LogP contribution in [0.4, 0.5) is 5.82 Å². The molecule has 1 aliphatic heterocycles. The summed E-state index contributed by atoms with van der Waals surface area (Å²) in [5, 5.41) is 12.7. The van der Waals surface area contributed by atoms with Crippen molar-refractivity contribution in [3.63, 3.8) is 0 Å². The third kappa shape index (κ3) is 3.25. The van der Waals surface area contributed by atoms with Crippen LogP contribution >= 0.6 is 11.6 Å². The number of rotatable bonds is 5. The van der Waals surface area contributed by atoms with Gasteiger partial charge in [0.25, 0.3) is 0 Å². The lowest BCUT2D eigenvalue weighted by atomic mass is 9.89. The SMILES string of the molecule is CCC(CC)n1ncc2c1NC(=O)CC2c1cnn(-c2cccc(Cl)c2)c1. The van der Waals surface area contributed by atoms with Crippen molar-refractivity contribution in [2.75, 3.05) is 5.32 Å². The molecule has 0 spiro atoms. The number of carbonyl (C=O) groups is 1.